The second-order valence-electron chi connectivity index (χ2n) is 7.27. The SMILES string of the molecule is COC(=O)C1=C(CN2CCOC[C@H]2C(=O)[O-])NC(c2nccs2)=N[C@H]1c1ccc(F)cc1Cl.[Na+]. The van der Waals surface area contributed by atoms with Gasteiger partial charge >= 0.3 is 35.5 Å². The zero-order valence-electron chi connectivity index (χ0n) is 18.4. The first-order valence-corrected chi connectivity index (χ1v) is 11.2. The number of hydrogen-bond acceptors (Lipinski definition) is 10. The number of aliphatic carboxylic acids is 1. The molecule has 0 radical (unpaired) electrons. The van der Waals surface area contributed by atoms with Crippen molar-refractivity contribution in [3.8, 4) is 0 Å². The fraction of sp³-hybridized carbons (Fsp3) is 0.333. The number of methoxy groups -OCH3 is 1. The number of hydrogen-bond donors (Lipinski definition) is 1. The van der Waals surface area contributed by atoms with Crippen molar-refractivity contribution >= 4 is 40.7 Å². The summed E-state index contributed by atoms with van der Waals surface area (Å²) in [6, 6.07) is 1.89. The van der Waals surface area contributed by atoms with Gasteiger partial charge in [0.1, 0.15) is 11.9 Å². The Balaban J connectivity index is 0.00000324. The van der Waals surface area contributed by atoms with Crippen molar-refractivity contribution < 1.29 is 58.1 Å². The molecule has 0 amide bonds. The summed E-state index contributed by atoms with van der Waals surface area (Å²) in [5.74, 6) is -2.12. The molecule has 174 valence electrons. The van der Waals surface area contributed by atoms with Crippen LogP contribution < -0.4 is 40.0 Å². The number of carboxylic acid groups (broad SMARTS) is 1. The predicted molar refractivity (Wildman–Crippen MR) is 116 cm³/mol. The number of esters is 1. The van der Waals surface area contributed by atoms with E-state index in [0.717, 1.165) is 6.07 Å². The summed E-state index contributed by atoms with van der Waals surface area (Å²) in [5.41, 5.74) is 0.903. The number of nitrogens with zero attached hydrogens (tertiary/aromatic N) is 3. The molecule has 1 aromatic carbocycles. The molecule has 2 aliphatic heterocycles. The molecular formula is C21H19ClFN4NaO5S. The number of amidine groups is 1. The van der Waals surface area contributed by atoms with Gasteiger partial charge < -0.3 is 24.7 Å². The molecule has 0 aliphatic carbocycles. The van der Waals surface area contributed by atoms with Crippen LogP contribution in [0.5, 0.6) is 0 Å². The molecule has 1 saturated heterocycles. The zero-order chi connectivity index (χ0) is 23.5. The molecule has 9 nitrogen and oxygen atoms in total. The van der Waals surface area contributed by atoms with E-state index in [0.29, 0.717) is 35.3 Å². The number of aromatic nitrogens is 1. The molecule has 0 unspecified atom stereocenters. The van der Waals surface area contributed by atoms with Crippen LogP contribution in [0.1, 0.15) is 16.6 Å². The molecule has 1 aromatic heterocycles. The Labute approximate surface area is 225 Å². The van der Waals surface area contributed by atoms with E-state index in [2.05, 4.69) is 15.3 Å². The van der Waals surface area contributed by atoms with Crippen LogP contribution in [0, 0.1) is 5.82 Å². The van der Waals surface area contributed by atoms with E-state index in [1.54, 1.807) is 16.5 Å². The standard InChI is InChI=1S/C21H20ClFN4O5S.Na/c1-31-21(30)16-14(9-27-5-6-32-10-15(27)20(28)29)25-18(19-24-4-7-33-19)26-17(16)12-3-2-11(23)8-13(12)22;/h2-4,7-8,15,17H,5-6,9-10H2,1H3,(H,25,26)(H,28,29);/q;+1/p-1/t15-,17-;/m0./s1. The number of carbonyl (C=O) groups is 2. The van der Waals surface area contributed by atoms with Crippen molar-refractivity contribution in [3.05, 3.63) is 62.5 Å². The quantitative estimate of drug-likeness (QED) is 0.343. The van der Waals surface area contributed by atoms with Gasteiger partial charge in [0.25, 0.3) is 0 Å². The maximum Gasteiger partial charge on any atom is 1.00 e. The molecule has 2 atom stereocenters. The van der Waals surface area contributed by atoms with Crippen LogP contribution in [0.25, 0.3) is 0 Å². The van der Waals surface area contributed by atoms with Gasteiger partial charge in [0, 0.05) is 40.9 Å². The molecule has 0 saturated carbocycles. The number of aliphatic imine (C=N–C) groups is 1. The molecule has 0 spiro atoms. The number of thiazole rings is 1. The molecule has 1 fully saturated rings. The fourth-order valence-electron chi connectivity index (χ4n) is 3.72. The number of rotatable bonds is 6. The Kier molecular flexibility index (Phi) is 9.21. The summed E-state index contributed by atoms with van der Waals surface area (Å²) in [6.45, 7) is 0.644. The number of nitrogens with one attached hydrogen (secondary N) is 1. The Hall–Kier alpha value is -1.86. The van der Waals surface area contributed by atoms with Gasteiger partial charge in [-0.3, -0.25) is 9.89 Å². The molecule has 34 heavy (non-hydrogen) atoms. The third kappa shape index (κ3) is 5.68. The molecular weight excluding hydrogens is 498 g/mol. The van der Waals surface area contributed by atoms with Crippen LogP contribution >= 0.6 is 22.9 Å². The Morgan fingerprint density at radius 2 is 2.24 bits per heavy atom. The first kappa shape index (κ1) is 26.7. The molecule has 4 rings (SSSR count). The molecule has 2 aliphatic rings. The number of carboxylic acids is 1. The number of ether oxygens (including phenoxy) is 2. The van der Waals surface area contributed by atoms with Crippen molar-refractivity contribution in [2.45, 2.75) is 12.1 Å². The van der Waals surface area contributed by atoms with Crippen LogP contribution in [0.2, 0.25) is 5.02 Å². The summed E-state index contributed by atoms with van der Waals surface area (Å²) in [5, 5.41) is 17.2. The molecule has 1 N–H and O–H groups in total. The first-order valence-electron chi connectivity index (χ1n) is 9.92. The second kappa shape index (κ2) is 11.7. The van der Waals surface area contributed by atoms with E-state index < -0.39 is 29.8 Å². The van der Waals surface area contributed by atoms with Crippen LogP contribution in [0.4, 0.5) is 4.39 Å². The van der Waals surface area contributed by atoms with Gasteiger partial charge in [0.05, 0.1) is 37.9 Å². The van der Waals surface area contributed by atoms with Gasteiger partial charge in [-0.25, -0.2) is 14.2 Å². The molecule has 13 heteroatoms. The zero-order valence-corrected chi connectivity index (χ0v) is 22.0. The molecule has 2 aromatic rings. The van der Waals surface area contributed by atoms with Crippen molar-refractivity contribution in [1.29, 1.82) is 0 Å². The largest absolute Gasteiger partial charge is 1.00 e. The first-order chi connectivity index (χ1) is 15.9. The van der Waals surface area contributed by atoms with Gasteiger partial charge in [-0.2, -0.15) is 0 Å². The Bertz CT molecular complexity index is 1130. The summed E-state index contributed by atoms with van der Waals surface area (Å²) < 4.78 is 24.0. The van der Waals surface area contributed by atoms with Gasteiger partial charge in [0.2, 0.25) is 0 Å². The van der Waals surface area contributed by atoms with E-state index in [-0.39, 0.29) is 53.3 Å². The number of carbonyl (C=O) groups excluding carboxylic acids is 2. The van der Waals surface area contributed by atoms with E-state index in [4.69, 9.17) is 21.1 Å². The van der Waals surface area contributed by atoms with Crippen LogP contribution in [0.15, 0.2) is 46.0 Å². The summed E-state index contributed by atoms with van der Waals surface area (Å²) >= 11 is 7.65. The summed E-state index contributed by atoms with van der Waals surface area (Å²) in [4.78, 5) is 35.1. The Morgan fingerprint density at radius 1 is 1.44 bits per heavy atom. The maximum absolute atomic E-state index is 13.7. The second-order valence-corrected chi connectivity index (χ2v) is 8.57. The number of halogens is 2. The average molecular weight is 517 g/mol. The topological polar surface area (TPSA) is 116 Å². The minimum absolute atomic E-state index is 0. The predicted octanol–water partition coefficient (Wildman–Crippen LogP) is -2.09. The normalized spacial score (nSPS) is 20.7. The monoisotopic (exact) mass is 516 g/mol. The van der Waals surface area contributed by atoms with Crippen molar-refractivity contribution in [1.82, 2.24) is 15.2 Å². The van der Waals surface area contributed by atoms with Gasteiger partial charge in [0.15, 0.2) is 10.8 Å². The van der Waals surface area contributed by atoms with Crippen molar-refractivity contribution in [2.24, 2.45) is 4.99 Å². The van der Waals surface area contributed by atoms with Gasteiger partial charge in [-0.05, 0) is 12.1 Å². The fourth-order valence-corrected chi connectivity index (χ4v) is 4.57. The van der Waals surface area contributed by atoms with Crippen LogP contribution in [-0.4, -0.2) is 67.1 Å². The van der Waals surface area contributed by atoms with E-state index in [1.165, 1.54) is 30.6 Å². The van der Waals surface area contributed by atoms with Crippen LogP contribution in [-0.2, 0) is 19.1 Å². The maximum atomic E-state index is 13.7. The minimum Gasteiger partial charge on any atom is -0.548 e. The molecule has 3 heterocycles. The third-order valence-corrected chi connectivity index (χ3v) is 6.40. The van der Waals surface area contributed by atoms with E-state index in [9.17, 15) is 19.1 Å². The molecule has 0 bridgehead atoms. The minimum atomic E-state index is -1.28. The third-order valence-electron chi connectivity index (χ3n) is 5.30. The number of benzene rings is 1. The van der Waals surface area contributed by atoms with Crippen LogP contribution in [0.3, 0.4) is 0 Å². The summed E-state index contributed by atoms with van der Waals surface area (Å²) in [6.07, 6.45) is 1.61. The van der Waals surface area contributed by atoms with Gasteiger partial charge in [-0.1, -0.05) is 17.7 Å². The number of morpholine rings is 1. The van der Waals surface area contributed by atoms with Crippen molar-refractivity contribution in [3.63, 3.8) is 0 Å². The van der Waals surface area contributed by atoms with Gasteiger partial charge in [-0.15, -0.1) is 11.3 Å². The van der Waals surface area contributed by atoms with E-state index >= 15 is 0 Å². The Morgan fingerprint density at radius 3 is 2.88 bits per heavy atom. The van der Waals surface area contributed by atoms with Crippen molar-refractivity contribution in [2.75, 3.05) is 33.4 Å². The summed E-state index contributed by atoms with van der Waals surface area (Å²) in [7, 11) is 1.23. The van der Waals surface area contributed by atoms with E-state index in [1.807, 2.05) is 0 Å². The average Bonchev–Trinajstić information content (AvgIpc) is 3.33. The smallest absolute Gasteiger partial charge is 0.548 e.